The van der Waals surface area contributed by atoms with Crippen molar-refractivity contribution in [3.63, 3.8) is 0 Å². The van der Waals surface area contributed by atoms with Crippen molar-refractivity contribution in [3.05, 3.63) is 71.2 Å². The Labute approximate surface area is 177 Å². The van der Waals surface area contributed by atoms with Gasteiger partial charge < -0.3 is 9.64 Å². The van der Waals surface area contributed by atoms with Gasteiger partial charge >= 0.3 is 0 Å². The molecule has 1 amide bonds. The van der Waals surface area contributed by atoms with E-state index in [1.807, 2.05) is 56.9 Å². The van der Waals surface area contributed by atoms with Crippen LogP contribution in [-0.4, -0.2) is 33.7 Å². The summed E-state index contributed by atoms with van der Waals surface area (Å²) in [6.07, 6.45) is 0.894. The molecule has 0 saturated carbocycles. The summed E-state index contributed by atoms with van der Waals surface area (Å²) in [7, 11) is 0. The third kappa shape index (κ3) is 4.87. The van der Waals surface area contributed by atoms with E-state index in [0.29, 0.717) is 43.2 Å². The van der Waals surface area contributed by atoms with Crippen molar-refractivity contribution in [2.45, 2.75) is 40.5 Å². The molecule has 1 aromatic heterocycles. The molecular formula is C24H28FN3O2. The standard InChI is InChI=1S/C24H28FN3O2/c1-5-27(6-2)23(29)15-14-22-18(4)26-28(20-12-10-19(25)11-13-20)24(22)30-21-9-7-8-17(3)16-21/h7-13,16H,5-6,14-15H2,1-4H3. The predicted molar refractivity (Wildman–Crippen MR) is 116 cm³/mol. The molecule has 0 spiro atoms. The Hall–Kier alpha value is -3.15. The molecular weight excluding hydrogens is 381 g/mol. The molecule has 0 aliphatic heterocycles. The van der Waals surface area contributed by atoms with Gasteiger partial charge in [0.05, 0.1) is 11.4 Å². The van der Waals surface area contributed by atoms with E-state index < -0.39 is 0 Å². The van der Waals surface area contributed by atoms with Crippen molar-refractivity contribution in [3.8, 4) is 17.3 Å². The van der Waals surface area contributed by atoms with Crippen molar-refractivity contribution in [2.75, 3.05) is 13.1 Å². The van der Waals surface area contributed by atoms with Crippen molar-refractivity contribution in [1.82, 2.24) is 14.7 Å². The van der Waals surface area contributed by atoms with Gasteiger partial charge in [-0.1, -0.05) is 12.1 Å². The van der Waals surface area contributed by atoms with Crippen LogP contribution in [0.5, 0.6) is 11.6 Å². The van der Waals surface area contributed by atoms with Crippen LogP contribution in [0.25, 0.3) is 5.69 Å². The maximum absolute atomic E-state index is 13.4. The minimum atomic E-state index is -0.311. The number of rotatable bonds is 8. The fourth-order valence-electron chi connectivity index (χ4n) is 3.45. The van der Waals surface area contributed by atoms with E-state index in [-0.39, 0.29) is 11.7 Å². The molecule has 3 aromatic rings. The molecule has 0 atom stereocenters. The predicted octanol–water partition coefficient (Wildman–Crippen LogP) is 5.22. The fraction of sp³-hybridized carbons (Fsp3) is 0.333. The Morgan fingerprint density at radius 3 is 2.43 bits per heavy atom. The van der Waals surface area contributed by atoms with Gasteiger partial charge in [-0.2, -0.15) is 5.10 Å². The molecule has 1 heterocycles. The zero-order chi connectivity index (χ0) is 21.7. The zero-order valence-corrected chi connectivity index (χ0v) is 18.0. The summed E-state index contributed by atoms with van der Waals surface area (Å²) in [6.45, 7) is 9.24. The second kappa shape index (κ2) is 9.57. The summed E-state index contributed by atoms with van der Waals surface area (Å²) in [5, 5.41) is 4.64. The molecule has 0 N–H and O–H groups in total. The second-order valence-electron chi connectivity index (χ2n) is 7.24. The summed E-state index contributed by atoms with van der Waals surface area (Å²) in [4.78, 5) is 14.4. The number of nitrogens with zero attached hydrogens (tertiary/aromatic N) is 3. The van der Waals surface area contributed by atoms with Gasteiger partial charge in [-0.25, -0.2) is 9.07 Å². The number of hydrogen-bond donors (Lipinski definition) is 0. The normalized spacial score (nSPS) is 10.8. The third-order valence-electron chi connectivity index (χ3n) is 5.12. The van der Waals surface area contributed by atoms with E-state index in [2.05, 4.69) is 5.10 Å². The molecule has 5 nitrogen and oxygen atoms in total. The maximum atomic E-state index is 13.4. The molecule has 30 heavy (non-hydrogen) atoms. The first-order valence-corrected chi connectivity index (χ1v) is 10.3. The number of carbonyl (C=O) groups excluding carboxylic acids is 1. The average molecular weight is 410 g/mol. The lowest BCUT2D eigenvalue weighted by Gasteiger charge is -2.18. The van der Waals surface area contributed by atoms with Crippen LogP contribution in [0.1, 0.15) is 37.1 Å². The lowest BCUT2D eigenvalue weighted by Crippen LogP contribution is -2.30. The van der Waals surface area contributed by atoms with Crippen LogP contribution in [0.15, 0.2) is 48.5 Å². The van der Waals surface area contributed by atoms with Crippen LogP contribution < -0.4 is 4.74 Å². The van der Waals surface area contributed by atoms with Crippen LogP contribution in [0.4, 0.5) is 4.39 Å². The third-order valence-corrected chi connectivity index (χ3v) is 5.12. The Morgan fingerprint density at radius 2 is 1.80 bits per heavy atom. The van der Waals surface area contributed by atoms with Gasteiger partial charge in [0.2, 0.25) is 11.8 Å². The highest BCUT2D eigenvalue weighted by atomic mass is 19.1. The van der Waals surface area contributed by atoms with Gasteiger partial charge in [-0.15, -0.1) is 0 Å². The molecule has 0 unspecified atom stereocenters. The molecule has 0 bridgehead atoms. The SMILES string of the molecule is CCN(CC)C(=O)CCc1c(C)nn(-c2ccc(F)cc2)c1Oc1cccc(C)c1. The molecule has 2 aromatic carbocycles. The van der Waals surface area contributed by atoms with Crippen molar-refractivity contribution in [1.29, 1.82) is 0 Å². The molecule has 0 saturated heterocycles. The Balaban J connectivity index is 1.98. The van der Waals surface area contributed by atoms with Gasteiger partial charge in [0.25, 0.3) is 0 Å². The number of aryl methyl sites for hydroxylation is 2. The van der Waals surface area contributed by atoms with Crippen LogP contribution in [0.3, 0.4) is 0 Å². The summed E-state index contributed by atoms with van der Waals surface area (Å²) in [5.41, 5.74) is 3.44. The molecule has 6 heteroatoms. The van der Waals surface area contributed by atoms with Crippen LogP contribution in [-0.2, 0) is 11.2 Å². The zero-order valence-electron chi connectivity index (χ0n) is 18.0. The van der Waals surface area contributed by atoms with E-state index in [0.717, 1.165) is 16.8 Å². The van der Waals surface area contributed by atoms with E-state index in [1.165, 1.54) is 12.1 Å². The number of amides is 1. The minimum absolute atomic E-state index is 0.107. The lowest BCUT2D eigenvalue weighted by molar-refractivity contribution is -0.130. The summed E-state index contributed by atoms with van der Waals surface area (Å²) in [6, 6.07) is 13.9. The van der Waals surface area contributed by atoms with Crippen molar-refractivity contribution < 1.29 is 13.9 Å². The van der Waals surface area contributed by atoms with Gasteiger partial charge in [0.1, 0.15) is 11.6 Å². The maximum Gasteiger partial charge on any atom is 0.226 e. The second-order valence-corrected chi connectivity index (χ2v) is 7.24. The Kier molecular flexibility index (Phi) is 6.87. The molecule has 0 aliphatic rings. The first-order chi connectivity index (χ1) is 14.4. The minimum Gasteiger partial charge on any atom is -0.439 e. The summed E-state index contributed by atoms with van der Waals surface area (Å²) < 4.78 is 21.4. The number of hydrogen-bond acceptors (Lipinski definition) is 3. The van der Waals surface area contributed by atoms with Crippen molar-refractivity contribution in [2.24, 2.45) is 0 Å². The van der Waals surface area contributed by atoms with E-state index in [1.54, 1.807) is 16.8 Å². The number of carbonyl (C=O) groups is 1. The highest BCUT2D eigenvalue weighted by Crippen LogP contribution is 2.32. The number of ether oxygens (including phenoxy) is 1. The van der Waals surface area contributed by atoms with Gasteiger partial charge in [-0.05, 0) is 76.1 Å². The first-order valence-electron chi connectivity index (χ1n) is 10.3. The van der Waals surface area contributed by atoms with E-state index in [9.17, 15) is 9.18 Å². The largest absolute Gasteiger partial charge is 0.439 e. The van der Waals surface area contributed by atoms with Crippen LogP contribution in [0, 0.1) is 19.7 Å². The van der Waals surface area contributed by atoms with E-state index in [4.69, 9.17) is 4.74 Å². The molecule has 158 valence electrons. The Bertz CT molecular complexity index is 1010. The highest BCUT2D eigenvalue weighted by molar-refractivity contribution is 5.76. The monoisotopic (exact) mass is 409 g/mol. The quantitative estimate of drug-likeness (QED) is 0.512. The smallest absolute Gasteiger partial charge is 0.226 e. The van der Waals surface area contributed by atoms with Gasteiger partial charge in [0, 0.05) is 25.1 Å². The molecule has 0 aliphatic carbocycles. The first kappa shape index (κ1) is 21.6. The number of aromatic nitrogens is 2. The summed E-state index contributed by atoms with van der Waals surface area (Å²) >= 11 is 0. The van der Waals surface area contributed by atoms with E-state index >= 15 is 0 Å². The summed E-state index contributed by atoms with van der Waals surface area (Å²) in [5.74, 6) is 1.04. The van der Waals surface area contributed by atoms with Gasteiger partial charge in [-0.3, -0.25) is 4.79 Å². The lowest BCUT2D eigenvalue weighted by atomic mass is 10.1. The molecule has 3 rings (SSSR count). The number of halogens is 1. The topological polar surface area (TPSA) is 47.4 Å². The fourth-order valence-corrected chi connectivity index (χ4v) is 3.45. The Morgan fingerprint density at radius 1 is 1.10 bits per heavy atom. The average Bonchev–Trinajstić information content (AvgIpc) is 3.03. The highest BCUT2D eigenvalue weighted by Gasteiger charge is 2.21. The van der Waals surface area contributed by atoms with Crippen molar-refractivity contribution >= 4 is 5.91 Å². The van der Waals surface area contributed by atoms with Crippen LogP contribution in [0.2, 0.25) is 0 Å². The van der Waals surface area contributed by atoms with Gasteiger partial charge in [0.15, 0.2) is 0 Å². The van der Waals surface area contributed by atoms with Crippen LogP contribution >= 0.6 is 0 Å². The molecule has 0 radical (unpaired) electrons. The molecule has 0 fully saturated rings. The number of benzene rings is 2.